The van der Waals surface area contributed by atoms with Gasteiger partial charge in [0, 0.05) is 6.54 Å². The summed E-state index contributed by atoms with van der Waals surface area (Å²) in [6.45, 7) is 0.306. The van der Waals surface area contributed by atoms with Crippen molar-refractivity contribution in [3.05, 3.63) is 9.98 Å². The lowest BCUT2D eigenvalue weighted by molar-refractivity contribution is -0.135. The molecule has 8 heteroatoms. The highest BCUT2D eigenvalue weighted by molar-refractivity contribution is 9.11. The second kappa shape index (κ2) is 7.31. The van der Waals surface area contributed by atoms with E-state index in [4.69, 9.17) is 0 Å². The number of carbonyl (C=O) groups is 2. The van der Waals surface area contributed by atoms with Crippen molar-refractivity contribution in [1.29, 1.82) is 0 Å². The zero-order valence-electron chi connectivity index (χ0n) is 16.5. The molecule has 2 bridgehead atoms. The summed E-state index contributed by atoms with van der Waals surface area (Å²) in [6, 6.07) is 0. The van der Waals surface area contributed by atoms with Crippen molar-refractivity contribution in [2.75, 3.05) is 11.9 Å². The Labute approximate surface area is 183 Å². The van der Waals surface area contributed by atoms with Crippen LogP contribution in [0, 0.1) is 29.1 Å². The highest BCUT2D eigenvalue weighted by Gasteiger charge is 2.71. The molecule has 4 fully saturated rings. The van der Waals surface area contributed by atoms with E-state index >= 15 is 0 Å². The summed E-state index contributed by atoms with van der Waals surface area (Å²) in [4.78, 5) is 30.7. The van der Waals surface area contributed by atoms with Gasteiger partial charge < -0.3 is 15.7 Å². The topological polar surface area (TPSA) is 91.3 Å². The van der Waals surface area contributed by atoms with Crippen molar-refractivity contribution in [3.63, 3.8) is 0 Å². The summed E-state index contributed by atoms with van der Waals surface area (Å²) < 4.78 is 0.870. The minimum absolute atomic E-state index is 0.0389. The Balaban J connectivity index is 1.32. The van der Waals surface area contributed by atoms with Gasteiger partial charge in [-0.05, 0) is 71.7 Å². The molecule has 4 aliphatic rings. The molecule has 0 aliphatic heterocycles. The van der Waals surface area contributed by atoms with E-state index in [2.05, 4.69) is 31.5 Å². The number of carbonyl (C=O) groups excluding carboxylic acids is 2. The maximum atomic E-state index is 13.3. The Hall–Kier alpha value is -0.990. The summed E-state index contributed by atoms with van der Waals surface area (Å²) in [5.74, 6) is -0.0896. The summed E-state index contributed by atoms with van der Waals surface area (Å²) in [7, 11) is 0. The van der Waals surface area contributed by atoms with E-state index in [-0.39, 0.29) is 29.1 Å². The van der Waals surface area contributed by atoms with Crippen molar-refractivity contribution in [2.45, 2.75) is 63.4 Å². The van der Waals surface area contributed by atoms with E-state index < -0.39 is 5.60 Å². The van der Waals surface area contributed by atoms with Crippen LogP contribution in [0.5, 0.6) is 0 Å². The van der Waals surface area contributed by atoms with E-state index in [1.807, 2.05) is 0 Å². The van der Waals surface area contributed by atoms with Gasteiger partial charge in [0.25, 0.3) is 0 Å². The largest absolute Gasteiger partial charge is 0.388 e. The van der Waals surface area contributed by atoms with Crippen LogP contribution in [0.2, 0.25) is 0 Å². The molecule has 4 aliphatic carbocycles. The fraction of sp³-hybridized carbons (Fsp3) is 0.762. The number of aliphatic hydroxyl groups is 1. The molecular weight excluding hydrogens is 454 g/mol. The molecule has 2 amide bonds. The lowest BCUT2D eigenvalue weighted by atomic mass is 9.78. The number of hydrogen-bond donors (Lipinski definition) is 3. The minimum Gasteiger partial charge on any atom is -0.388 e. The van der Waals surface area contributed by atoms with Gasteiger partial charge in [0.15, 0.2) is 5.13 Å². The molecule has 0 aromatic carbocycles. The second-order valence-corrected chi connectivity index (χ2v) is 11.9. The first kappa shape index (κ1) is 19.9. The van der Waals surface area contributed by atoms with Crippen LogP contribution in [-0.2, 0) is 9.59 Å². The molecule has 0 unspecified atom stereocenters. The first-order valence-corrected chi connectivity index (χ1v) is 12.5. The van der Waals surface area contributed by atoms with E-state index in [0.717, 1.165) is 61.6 Å². The normalized spacial score (nSPS) is 33.6. The first-order chi connectivity index (χ1) is 13.9. The van der Waals surface area contributed by atoms with Gasteiger partial charge in [0.1, 0.15) is 0 Å². The minimum atomic E-state index is -0.784. The van der Waals surface area contributed by atoms with Gasteiger partial charge in [-0.25, -0.2) is 4.98 Å². The summed E-state index contributed by atoms with van der Waals surface area (Å²) in [5, 5.41) is 17.4. The Morgan fingerprint density at radius 3 is 2.34 bits per heavy atom. The quantitative estimate of drug-likeness (QED) is 0.597. The van der Waals surface area contributed by atoms with Crippen LogP contribution in [0.1, 0.15) is 57.8 Å². The molecule has 0 saturated heterocycles. The smallest absolute Gasteiger partial charge is 0.230 e. The summed E-state index contributed by atoms with van der Waals surface area (Å²) in [6.07, 6.45) is 10.7. The number of hydrogen-bond acceptors (Lipinski definition) is 5. The molecule has 1 aromatic heterocycles. The molecule has 4 saturated carbocycles. The lowest BCUT2D eigenvalue weighted by Crippen LogP contribution is -2.49. The van der Waals surface area contributed by atoms with Crippen molar-refractivity contribution in [3.8, 4) is 0 Å². The Morgan fingerprint density at radius 1 is 1.10 bits per heavy atom. The zero-order valence-corrected chi connectivity index (χ0v) is 18.9. The van der Waals surface area contributed by atoms with Gasteiger partial charge in [-0.15, -0.1) is 0 Å². The fourth-order valence-corrected chi connectivity index (χ4v) is 7.73. The third-order valence-corrected chi connectivity index (χ3v) is 9.43. The van der Waals surface area contributed by atoms with Gasteiger partial charge in [-0.2, -0.15) is 0 Å². The highest BCUT2D eigenvalue weighted by Crippen LogP contribution is 2.74. The lowest BCUT2D eigenvalue weighted by Gasteiger charge is -2.34. The SMILES string of the molecule is O=C(NCC1(O)CCCCC1)[C@H]1[C@H](C(=O)Nc2ncc(Br)s2)[C@@H]2CC[C@H]1C21CC1. The fourth-order valence-electron chi connectivity index (χ4n) is 6.62. The van der Waals surface area contributed by atoms with E-state index in [0.29, 0.717) is 23.5 Å². The van der Waals surface area contributed by atoms with Crippen molar-refractivity contribution >= 4 is 44.2 Å². The molecular formula is C21H28BrN3O3S. The van der Waals surface area contributed by atoms with Crippen molar-refractivity contribution in [2.24, 2.45) is 29.1 Å². The van der Waals surface area contributed by atoms with Gasteiger partial charge >= 0.3 is 0 Å². The molecule has 1 spiro atoms. The molecule has 1 aromatic rings. The Kier molecular flexibility index (Phi) is 5.02. The standard InChI is InChI=1S/C21H28BrN3O3S/c22-14-10-23-19(29-14)25-18(27)16-13-5-4-12(21(13)8-9-21)15(16)17(26)24-11-20(28)6-2-1-3-7-20/h10,12-13,15-16,28H,1-9,11H2,(H,24,26)(H,23,25,27)/t12-,13+,15-,16-/m1/s1. The maximum absolute atomic E-state index is 13.3. The number of nitrogens with zero attached hydrogens (tertiary/aromatic N) is 1. The third kappa shape index (κ3) is 3.45. The number of nitrogens with one attached hydrogen (secondary N) is 2. The predicted molar refractivity (Wildman–Crippen MR) is 114 cm³/mol. The van der Waals surface area contributed by atoms with E-state index in [1.54, 1.807) is 6.20 Å². The number of aromatic nitrogens is 1. The monoisotopic (exact) mass is 481 g/mol. The zero-order chi connectivity index (χ0) is 20.2. The Morgan fingerprint density at radius 2 is 1.76 bits per heavy atom. The summed E-state index contributed by atoms with van der Waals surface area (Å²) >= 11 is 4.77. The molecule has 29 heavy (non-hydrogen) atoms. The molecule has 4 atom stereocenters. The molecule has 3 N–H and O–H groups in total. The first-order valence-electron chi connectivity index (χ1n) is 10.8. The number of rotatable bonds is 5. The summed E-state index contributed by atoms with van der Waals surface area (Å²) in [5.41, 5.74) is -0.580. The predicted octanol–water partition coefficient (Wildman–Crippen LogP) is 3.71. The number of thiazole rings is 1. The van der Waals surface area contributed by atoms with Gasteiger partial charge in [0.05, 0.1) is 27.4 Å². The van der Waals surface area contributed by atoms with Crippen LogP contribution < -0.4 is 10.6 Å². The van der Waals surface area contributed by atoms with Crippen LogP contribution in [0.3, 0.4) is 0 Å². The van der Waals surface area contributed by atoms with Crippen LogP contribution in [0.25, 0.3) is 0 Å². The maximum Gasteiger partial charge on any atom is 0.230 e. The second-order valence-electron chi connectivity index (χ2n) is 9.54. The van der Waals surface area contributed by atoms with E-state index in [1.165, 1.54) is 11.3 Å². The number of anilines is 1. The van der Waals surface area contributed by atoms with Crippen LogP contribution in [0.15, 0.2) is 9.98 Å². The van der Waals surface area contributed by atoms with Crippen LogP contribution >= 0.6 is 27.3 Å². The Bertz CT molecular complexity index is 818. The van der Waals surface area contributed by atoms with Gasteiger partial charge in [-0.3, -0.25) is 9.59 Å². The molecule has 5 rings (SSSR count). The third-order valence-electron chi connectivity index (χ3n) is 8.04. The van der Waals surface area contributed by atoms with Crippen molar-refractivity contribution < 1.29 is 14.7 Å². The molecule has 1 heterocycles. The van der Waals surface area contributed by atoms with Crippen LogP contribution in [0.4, 0.5) is 5.13 Å². The number of amides is 2. The van der Waals surface area contributed by atoms with Crippen molar-refractivity contribution in [1.82, 2.24) is 10.3 Å². The average molecular weight is 482 g/mol. The van der Waals surface area contributed by atoms with Crippen LogP contribution in [-0.4, -0.2) is 34.1 Å². The highest BCUT2D eigenvalue weighted by atomic mass is 79.9. The molecule has 158 valence electrons. The van der Waals surface area contributed by atoms with E-state index in [9.17, 15) is 14.7 Å². The molecule has 0 radical (unpaired) electrons. The average Bonchev–Trinajstić information content (AvgIpc) is 3.20. The number of halogens is 1. The van der Waals surface area contributed by atoms with Gasteiger partial charge in [-0.1, -0.05) is 30.6 Å². The molecule has 6 nitrogen and oxygen atoms in total. The van der Waals surface area contributed by atoms with Gasteiger partial charge in [0.2, 0.25) is 11.8 Å².